The van der Waals surface area contributed by atoms with Crippen LogP contribution in [0.3, 0.4) is 0 Å². The largest absolute Gasteiger partial charge is 0.497 e. The smallest absolute Gasteiger partial charge is 0.119 e. The Morgan fingerprint density at radius 2 is 2.00 bits per heavy atom. The number of fused-ring (bicyclic) bond motifs is 5. The number of methoxy groups -OCH3 is 1. The lowest BCUT2D eigenvalue weighted by Gasteiger charge is -2.51. The zero-order valence-corrected chi connectivity index (χ0v) is 17.7. The average Bonchev–Trinajstić information content (AvgIpc) is 3.03. The Hall–Kier alpha value is -1.02. The maximum absolute atomic E-state index is 5.47. The number of ether oxygens (including phenoxy) is 1. The zero-order valence-electron chi connectivity index (χ0n) is 17.7. The summed E-state index contributed by atoms with van der Waals surface area (Å²) in [7, 11) is 1.79. The van der Waals surface area contributed by atoms with E-state index in [0.717, 1.165) is 29.5 Å². The summed E-state index contributed by atoms with van der Waals surface area (Å²) in [5, 5.41) is 3.99. The molecule has 1 aromatic carbocycles. The van der Waals surface area contributed by atoms with Crippen LogP contribution in [0, 0.1) is 17.3 Å². The first-order chi connectivity index (χ1) is 13.2. The summed E-state index contributed by atoms with van der Waals surface area (Å²) in [4.78, 5) is 0. The molecular weight excluding hydrogens is 330 g/mol. The molecule has 0 bridgehead atoms. The van der Waals surface area contributed by atoms with E-state index in [9.17, 15) is 0 Å². The normalized spacial score (nSPS) is 34.6. The van der Waals surface area contributed by atoms with Gasteiger partial charge in [-0.3, -0.25) is 0 Å². The van der Waals surface area contributed by atoms with Crippen LogP contribution in [-0.2, 0) is 6.42 Å². The number of benzene rings is 1. The minimum Gasteiger partial charge on any atom is -0.497 e. The van der Waals surface area contributed by atoms with Crippen molar-refractivity contribution in [3.05, 3.63) is 29.3 Å². The van der Waals surface area contributed by atoms with Crippen molar-refractivity contribution in [3.8, 4) is 5.75 Å². The molecule has 0 spiro atoms. The van der Waals surface area contributed by atoms with Crippen molar-refractivity contribution in [1.29, 1.82) is 0 Å². The quantitative estimate of drug-likeness (QED) is 0.587. The molecule has 1 N–H and O–H groups in total. The van der Waals surface area contributed by atoms with Gasteiger partial charge in [-0.25, -0.2) is 0 Å². The Kier molecular flexibility index (Phi) is 5.83. The number of hydrogen-bond acceptors (Lipinski definition) is 2. The van der Waals surface area contributed by atoms with Gasteiger partial charge in [0.25, 0.3) is 0 Å². The Bertz CT molecular complexity index is 641. The van der Waals surface area contributed by atoms with Gasteiger partial charge in [0.1, 0.15) is 5.75 Å². The van der Waals surface area contributed by atoms with Crippen molar-refractivity contribution in [3.63, 3.8) is 0 Å². The maximum Gasteiger partial charge on any atom is 0.119 e. The van der Waals surface area contributed by atoms with Gasteiger partial charge in [0, 0.05) is 6.04 Å². The van der Waals surface area contributed by atoms with Gasteiger partial charge in [0.15, 0.2) is 0 Å². The molecule has 2 saturated carbocycles. The summed E-state index contributed by atoms with van der Waals surface area (Å²) >= 11 is 0. The van der Waals surface area contributed by atoms with Gasteiger partial charge in [-0.15, -0.1) is 0 Å². The summed E-state index contributed by atoms with van der Waals surface area (Å²) in [5.41, 5.74) is 3.73. The molecule has 5 atom stereocenters. The first-order valence-electron chi connectivity index (χ1n) is 11.6. The highest BCUT2D eigenvalue weighted by Gasteiger charge is 2.54. The third-order valence-electron chi connectivity index (χ3n) is 8.35. The van der Waals surface area contributed by atoms with Crippen molar-refractivity contribution < 1.29 is 4.74 Å². The molecule has 0 amide bonds. The molecule has 27 heavy (non-hydrogen) atoms. The minimum atomic E-state index is 0.524. The Labute approximate surface area is 166 Å². The van der Waals surface area contributed by atoms with Crippen LogP contribution in [0.1, 0.15) is 88.7 Å². The Morgan fingerprint density at radius 1 is 1.11 bits per heavy atom. The predicted octanol–water partition coefficient (Wildman–Crippen LogP) is 6.09. The average molecular weight is 370 g/mol. The monoisotopic (exact) mass is 369 g/mol. The fraction of sp³-hybridized carbons (Fsp3) is 0.760. The van der Waals surface area contributed by atoms with Crippen LogP contribution in [0.25, 0.3) is 0 Å². The molecule has 3 unspecified atom stereocenters. The van der Waals surface area contributed by atoms with Crippen LogP contribution in [-0.4, -0.2) is 19.7 Å². The number of hydrogen-bond donors (Lipinski definition) is 1. The van der Waals surface area contributed by atoms with Crippen molar-refractivity contribution in [2.24, 2.45) is 17.3 Å². The topological polar surface area (TPSA) is 21.3 Å². The van der Waals surface area contributed by atoms with Crippen LogP contribution in [0.4, 0.5) is 0 Å². The van der Waals surface area contributed by atoms with E-state index in [1.165, 1.54) is 70.8 Å². The highest BCUT2D eigenvalue weighted by molar-refractivity contribution is 5.40. The number of aryl methyl sites for hydroxylation is 1. The number of nitrogens with one attached hydrogen (secondary N) is 1. The number of rotatable bonds is 7. The molecule has 2 fully saturated rings. The lowest BCUT2D eigenvalue weighted by Crippen LogP contribution is -2.48. The number of unbranched alkanes of at least 4 members (excludes halogenated alkanes) is 3. The van der Waals surface area contributed by atoms with Crippen molar-refractivity contribution in [2.45, 2.75) is 90.0 Å². The van der Waals surface area contributed by atoms with E-state index in [2.05, 4.69) is 37.4 Å². The first-order valence-corrected chi connectivity index (χ1v) is 11.6. The van der Waals surface area contributed by atoms with E-state index in [1.54, 1.807) is 18.2 Å². The molecular formula is C25H39NO. The second kappa shape index (κ2) is 8.15. The summed E-state index contributed by atoms with van der Waals surface area (Å²) < 4.78 is 5.47. The summed E-state index contributed by atoms with van der Waals surface area (Å²) in [6, 6.07) is 7.62. The fourth-order valence-electron chi connectivity index (χ4n) is 6.85. The van der Waals surface area contributed by atoms with Gasteiger partial charge >= 0.3 is 0 Å². The van der Waals surface area contributed by atoms with Gasteiger partial charge in [0.2, 0.25) is 0 Å². The van der Waals surface area contributed by atoms with Crippen LogP contribution >= 0.6 is 0 Å². The van der Waals surface area contributed by atoms with Gasteiger partial charge in [-0.1, -0.05) is 39.2 Å². The molecule has 0 saturated heterocycles. The SMILES string of the molecule is CCCCCCN[C@H]1CCC2C3CCc4cc(OC)ccc4C3CC[C@@]21C. The van der Waals surface area contributed by atoms with Crippen LogP contribution in [0.5, 0.6) is 5.75 Å². The zero-order chi connectivity index (χ0) is 18.9. The predicted molar refractivity (Wildman–Crippen MR) is 114 cm³/mol. The van der Waals surface area contributed by atoms with E-state index in [4.69, 9.17) is 4.74 Å². The molecule has 3 aliphatic rings. The highest BCUT2D eigenvalue weighted by Crippen LogP contribution is 2.60. The van der Waals surface area contributed by atoms with Gasteiger partial charge in [0.05, 0.1) is 7.11 Å². The second-order valence-electron chi connectivity index (χ2n) is 9.67. The molecule has 0 heterocycles. The summed E-state index contributed by atoms with van der Waals surface area (Å²) in [6.07, 6.45) is 13.7. The molecule has 0 radical (unpaired) electrons. The van der Waals surface area contributed by atoms with Crippen LogP contribution < -0.4 is 10.1 Å². The lowest BCUT2D eigenvalue weighted by atomic mass is 9.55. The van der Waals surface area contributed by atoms with Crippen molar-refractivity contribution >= 4 is 0 Å². The third kappa shape index (κ3) is 3.55. The van der Waals surface area contributed by atoms with E-state index < -0.39 is 0 Å². The lowest BCUT2D eigenvalue weighted by molar-refractivity contribution is 0.0412. The van der Waals surface area contributed by atoms with Crippen molar-refractivity contribution in [2.75, 3.05) is 13.7 Å². The standard InChI is InChI=1S/C25H39NO/c1-4-5-6-7-16-26-24-13-12-23-22-10-8-18-17-19(27-3)9-11-20(18)21(22)14-15-25(23,24)2/h9,11,17,21-24,26H,4-8,10,12-16H2,1-3H3/t21?,22?,23?,24-,25-/m0/s1. The fourth-order valence-corrected chi connectivity index (χ4v) is 6.85. The third-order valence-corrected chi connectivity index (χ3v) is 8.35. The highest BCUT2D eigenvalue weighted by atomic mass is 16.5. The van der Waals surface area contributed by atoms with Crippen molar-refractivity contribution in [1.82, 2.24) is 5.32 Å². The van der Waals surface area contributed by atoms with E-state index in [0.29, 0.717) is 5.41 Å². The first kappa shape index (κ1) is 19.3. The van der Waals surface area contributed by atoms with Gasteiger partial charge < -0.3 is 10.1 Å². The Morgan fingerprint density at radius 3 is 2.81 bits per heavy atom. The van der Waals surface area contributed by atoms with Crippen LogP contribution in [0.2, 0.25) is 0 Å². The molecule has 1 aromatic rings. The molecule has 3 aliphatic carbocycles. The molecule has 0 aliphatic heterocycles. The van der Waals surface area contributed by atoms with E-state index in [-0.39, 0.29) is 0 Å². The Balaban J connectivity index is 1.44. The van der Waals surface area contributed by atoms with Crippen LogP contribution in [0.15, 0.2) is 18.2 Å². The summed E-state index contributed by atoms with van der Waals surface area (Å²) in [6.45, 7) is 6.14. The minimum absolute atomic E-state index is 0.524. The van der Waals surface area contributed by atoms with Gasteiger partial charge in [-0.2, -0.15) is 0 Å². The molecule has 4 rings (SSSR count). The molecule has 0 aromatic heterocycles. The molecule has 2 nitrogen and oxygen atoms in total. The molecule has 2 heteroatoms. The van der Waals surface area contributed by atoms with E-state index >= 15 is 0 Å². The summed E-state index contributed by atoms with van der Waals surface area (Å²) in [5.74, 6) is 3.64. The van der Waals surface area contributed by atoms with E-state index in [1.807, 2.05) is 0 Å². The molecule has 150 valence electrons. The van der Waals surface area contributed by atoms with Gasteiger partial charge in [-0.05, 0) is 97.9 Å². The maximum atomic E-state index is 5.47. The second-order valence-corrected chi connectivity index (χ2v) is 9.67.